The van der Waals surface area contributed by atoms with Gasteiger partial charge in [-0.15, -0.1) is 12.4 Å². The van der Waals surface area contributed by atoms with Crippen LogP contribution in [0.25, 0.3) is 0 Å². The van der Waals surface area contributed by atoms with Crippen molar-refractivity contribution in [1.82, 2.24) is 0 Å². The molecule has 3 nitrogen and oxygen atoms in total. The normalized spacial score (nSPS) is 11.5. The fraction of sp³-hybridized carbons (Fsp3) is 0.294. The summed E-state index contributed by atoms with van der Waals surface area (Å²) in [7, 11) is 0. The van der Waals surface area contributed by atoms with Crippen molar-refractivity contribution < 1.29 is 5.11 Å². The predicted octanol–water partition coefficient (Wildman–Crippen LogP) is 3.49. The van der Waals surface area contributed by atoms with E-state index in [4.69, 9.17) is 10.8 Å². The van der Waals surface area contributed by atoms with E-state index >= 15 is 0 Å². The van der Waals surface area contributed by atoms with Crippen LogP contribution in [0.1, 0.15) is 30.0 Å². The van der Waals surface area contributed by atoms with Gasteiger partial charge >= 0.3 is 0 Å². The van der Waals surface area contributed by atoms with Crippen LogP contribution in [0.4, 0.5) is 5.69 Å². The largest absolute Gasteiger partial charge is 0.396 e. The third-order valence-corrected chi connectivity index (χ3v) is 3.35. The molecule has 0 radical (unpaired) electrons. The molecular formula is C17H23ClN2O. The summed E-state index contributed by atoms with van der Waals surface area (Å²) in [4.78, 5) is 0. The van der Waals surface area contributed by atoms with Crippen molar-refractivity contribution in [2.45, 2.75) is 25.4 Å². The van der Waals surface area contributed by atoms with Crippen LogP contribution in [0.5, 0.6) is 0 Å². The number of hydrogen-bond donors (Lipinski definition) is 3. The maximum atomic E-state index is 8.82. The van der Waals surface area contributed by atoms with Crippen LogP contribution in [0, 0.1) is 0 Å². The molecular weight excluding hydrogens is 284 g/mol. The smallest absolute Gasteiger partial charge is 0.0431 e. The lowest BCUT2D eigenvalue weighted by Crippen LogP contribution is -2.10. The molecule has 1 atom stereocenters. The van der Waals surface area contributed by atoms with E-state index in [9.17, 15) is 0 Å². The molecule has 4 heteroatoms. The van der Waals surface area contributed by atoms with E-state index in [-0.39, 0.29) is 25.1 Å². The highest BCUT2D eigenvalue weighted by Crippen LogP contribution is 2.18. The Bertz CT molecular complexity index is 502. The van der Waals surface area contributed by atoms with Crippen molar-refractivity contribution in [2.75, 3.05) is 11.9 Å². The summed E-state index contributed by atoms with van der Waals surface area (Å²) >= 11 is 0. The second-order valence-corrected chi connectivity index (χ2v) is 4.93. The maximum Gasteiger partial charge on any atom is 0.0431 e. The molecule has 0 fully saturated rings. The van der Waals surface area contributed by atoms with E-state index < -0.39 is 0 Å². The van der Waals surface area contributed by atoms with Crippen molar-refractivity contribution in [1.29, 1.82) is 0 Å². The Balaban J connectivity index is 0.00000220. The monoisotopic (exact) mass is 306 g/mol. The average Bonchev–Trinajstić information content (AvgIpc) is 2.52. The van der Waals surface area contributed by atoms with Crippen molar-refractivity contribution in [2.24, 2.45) is 5.73 Å². The van der Waals surface area contributed by atoms with Gasteiger partial charge in [0.1, 0.15) is 0 Å². The molecule has 0 saturated carbocycles. The first-order valence-corrected chi connectivity index (χ1v) is 7.04. The third-order valence-electron chi connectivity index (χ3n) is 3.35. The van der Waals surface area contributed by atoms with Gasteiger partial charge < -0.3 is 16.2 Å². The zero-order chi connectivity index (χ0) is 14.2. The highest BCUT2D eigenvalue weighted by atomic mass is 35.5. The van der Waals surface area contributed by atoms with E-state index in [0.717, 1.165) is 30.6 Å². The van der Waals surface area contributed by atoms with Gasteiger partial charge in [-0.05, 0) is 36.1 Å². The predicted molar refractivity (Wildman–Crippen MR) is 90.7 cm³/mol. The summed E-state index contributed by atoms with van der Waals surface area (Å²) in [6.45, 7) is 1.02. The molecule has 21 heavy (non-hydrogen) atoms. The molecule has 0 aliphatic heterocycles. The summed E-state index contributed by atoms with van der Waals surface area (Å²) in [5.41, 5.74) is 9.53. The molecule has 114 valence electrons. The van der Waals surface area contributed by atoms with Gasteiger partial charge in [-0.2, -0.15) is 0 Å². The maximum absolute atomic E-state index is 8.82. The number of nitrogens with one attached hydrogen (secondary N) is 1. The van der Waals surface area contributed by atoms with Gasteiger partial charge in [0.2, 0.25) is 0 Å². The lowest BCUT2D eigenvalue weighted by molar-refractivity contribution is 0.280. The number of aliphatic hydroxyl groups is 1. The second kappa shape index (κ2) is 9.40. The van der Waals surface area contributed by atoms with Crippen molar-refractivity contribution >= 4 is 18.1 Å². The van der Waals surface area contributed by atoms with Gasteiger partial charge in [0.25, 0.3) is 0 Å². The summed E-state index contributed by atoms with van der Waals surface area (Å²) in [5, 5.41) is 12.2. The fourth-order valence-corrected chi connectivity index (χ4v) is 2.13. The van der Waals surface area contributed by atoms with Gasteiger partial charge in [0.15, 0.2) is 0 Å². The fourth-order valence-electron chi connectivity index (χ4n) is 2.13. The first kappa shape index (κ1) is 17.5. The molecule has 4 N–H and O–H groups in total. The molecule has 0 aromatic heterocycles. The Morgan fingerprint density at radius 3 is 2.29 bits per heavy atom. The Morgan fingerprint density at radius 1 is 1.00 bits per heavy atom. The Hall–Kier alpha value is -1.55. The van der Waals surface area contributed by atoms with E-state index in [1.807, 2.05) is 18.2 Å². The van der Waals surface area contributed by atoms with Gasteiger partial charge in [0, 0.05) is 24.9 Å². The molecule has 0 spiro atoms. The van der Waals surface area contributed by atoms with Crippen LogP contribution in [-0.2, 0) is 6.54 Å². The quantitative estimate of drug-likeness (QED) is 0.734. The molecule has 0 heterocycles. The molecule has 2 aromatic carbocycles. The Labute approximate surface area is 132 Å². The summed E-state index contributed by atoms with van der Waals surface area (Å²) in [5.74, 6) is 0. The number of aliphatic hydroxyl groups excluding tert-OH is 1. The second-order valence-electron chi connectivity index (χ2n) is 4.93. The molecule has 0 unspecified atom stereocenters. The van der Waals surface area contributed by atoms with E-state index in [0.29, 0.717) is 0 Å². The van der Waals surface area contributed by atoms with Crippen LogP contribution in [0.3, 0.4) is 0 Å². The molecule has 0 amide bonds. The SMILES string of the molecule is Cl.N[C@H](CCCO)c1ccc(NCc2ccccc2)cc1. The minimum atomic E-state index is 0. The van der Waals surface area contributed by atoms with Crippen LogP contribution >= 0.6 is 12.4 Å². The number of halogens is 1. The van der Waals surface area contributed by atoms with Gasteiger partial charge in [0.05, 0.1) is 0 Å². The lowest BCUT2D eigenvalue weighted by Gasteiger charge is -2.12. The molecule has 0 saturated heterocycles. The number of rotatable bonds is 7. The zero-order valence-corrected chi connectivity index (χ0v) is 12.9. The minimum absolute atomic E-state index is 0. The van der Waals surface area contributed by atoms with Crippen molar-refractivity contribution in [3.05, 3.63) is 65.7 Å². The van der Waals surface area contributed by atoms with Crippen molar-refractivity contribution in [3.8, 4) is 0 Å². The first-order chi connectivity index (χ1) is 9.79. The molecule has 0 bridgehead atoms. The highest BCUT2D eigenvalue weighted by molar-refractivity contribution is 5.85. The van der Waals surface area contributed by atoms with E-state index in [2.05, 4.69) is 41.7 Å². The van der Waals surface area contributed by atoms with Crippen LogP contribution < -0.4 is 11.1 Å². The Kier molecular flexibility index (Phi) is 7.83. The summed E-state index contributed by atoms with van der Waals surface area (Å²) in [6, 6.07) is 18.5. The standard InChI is InChI=1S/C17H22N2O.ClH/c18-17(7-4-12-20)15-8-10-16(11-9-15)19-13-14-5-2-1-3-6-14;/h1-3,5-6,8-11,17,19-20H,4,7,12-13,18H2;1H/t17-;/m1./s1. The minimum Gasteiger partial charge on any atom is -0.396 e. The van der Waals surface area contributed by atoms with Crippen LogP contribution in [0.2, 0.25) is 0 Å². The van der Waals surface area contributed by atoms with Crippen LogP contribution in [-0.4, -0.2) is 11.7 Å². The molecule has 0 aliphatic carbocycles. The molecule has 2 rings (SSSR count). The summed E-state index contributed by atoms with van der Waals surface area (Å²) in [6.07, 6.45) is 1.56. The van der Waals surface area contributed by atoms with E-state index in [1.54, 1.807) is 0 Å². The zero-order valence-electron chi connectivity index (χ0n) is 12.0. The number of benzene rings is 2. The topological polar surface area (TPSA) is 58.3 Å². The number of hydrogen-bond acceptors (Lipinski definition) is 3. The Morgan fingerprint density at radius 2 is 1.67 bits per heavy atom. The van der Waals surface area contributed by atoms with Gasteiger partial charge in [-0.3, -0.25) is 0 Å². The first-order valence-electron chi connectivity index (χ1n) is 7.04. The average molecular weight is 307 g/mol. The van der Waals surface area contributed by atoms with E-state index in [1.165, 1.54) is 5.56 Å². The van der Waals surface area contributed by atoms with Gasteiger partial charge in [-0.1, -0.05) is 42.5 Å². The highest BCUT2D eigenvalue weighted by Gasteiger charge is 2.05. The van der Waals surface area contributed by atoms with Gasteiger partial charge in [-0.25, -0.2) is 0 Å². The molecule has 0 aliphatic rings. The van der Waals surface area contributed by atoms with Crippen molar-refractivity contribution in [3.63, 3.8) is 0 Å². The third kappa shape index (κ3) is 5.76. The van der Waals surface area contributed by atoms with Crippen LogP contribution in [0.15, 0.2) is 54.6 Å². The number of anilines is 1. The lowest BCUT2D eigenvalue weighted by atomic mass is 10.0. The number of nitrogens with two attached hydrogens (primary N) is 1. The molecule has 2 aromatic rings. The summed E-state index contributed by atoms with van der Waals surface area (Å²) < 4.78 is 0.